The van der Waals surface area contributed by atoms with E-state index in [1.165, 1.54) is 7.11 Å². The fraction of sp³-hybridized carbons (Fsp3) is 0.0909. The number of carbonyl (C=O) groups is 2. The number of esters is 1. The van der Waals surface area contributed by atoms with Crippen LogP contribution in [0.2, 0.25) is 0 Å². The van der Waals surface area contributed by atoms with Crippen LogP contribution >= 0.6 is 0 Å². The van der Waals surface area contributed by atoms with Gasteiger partial charge in [-0.25, -0.2) is 4.79 Å². The lowest BCUT2D eigenvalue weighted by atomic mass is 10.1. The number of ether oxygens (including phenoxy) is 2. The van der Waals surface area contributed by atoms with Crippen molar-refractivity contribution in [2.24, 2.45) is 0 Å². The molecule has 1 aromatic carbocycles. The fourth-order valence-corrected chi connectivity index (χ4v) is 1.49. The molecule has 0 aliphatic rings. The molecule has 0 saturated carbocycles. The molecule has 0 aliphatic carbocycles. The first-order valence-corrected chi connectivity index (χ1v) is 4.56. The molecule has 2 aromatic rings. The Bertz CT molecular complexity index is 544. The molecule has 0 saturated heterocycles. The molecule has 0 unspecified atom stereocenters. The number of benzene rings is 1. The molecule has 1 aromatic heterocycles. The SMILES string of the molecule is COC(=O)c1ccc2[nH]cc(OC=O)c2c1. The maximum Gasteiger partial charge on any atom is 0.337 e. The Morgan fingerprint density at radius 3 is 2.94 bits per heavy atom. The largest absolute Gasteiger partial charge is 0.465 e. The molecule has 82 valence electrons. The molecule has 1 N–H and O–H groups in total. The molecular weight excluding hydrogens is 210 g/mol. The summed E-state index contributed by atoms with van der Waals surface area (Å²) in [6.45, 7) is 0.341. The van der Waals surface area contributed by atoms with Gasteiger partial charge in [-0.2, -0.15) is 0 Å². The molecule has 0 amide bonds. The number of carbonyl (C=O) groups excluding carboxylic acids is 2. The predicted octanol–water partition coefficient (Wildman–Crippen LogP) is 1.49. The summed E-state index contributed by atoms with van der Waals surface area (Å²) >= 11 is 0. The third-order valence-electron chi connectivity index (χ3n) is 2.24. The van der Waals surface area contributed by atoms with Crippen LogP contribution in [0.15, 0.2) is 24.4 Å². The monoisotopic (exact) mass is 219 g/mol. The Balaban J connectivity index is 2.53. The van der Waals surface area contributed by atoms with Crippen molar-refractivity contribution < 1.29 is 19.1 Å². The first kappa shape index (κ1) is 10.2. The van der Waals surface area contributed by atoms with Crippen molar-refractivity contribution in [1.82, 2.24) is 4.98 Å². The smallest absolute Gasteiger partial charge is 0.337 e. The average Bonchev–Trinajstić information content (AvgIpc) is 2.71. The highest BCUT2D eigenvalue weighted by molar-refractivity contribution is 5.96. The number of H-pyrrole nitrogens is 1. The summed E-state index contributed by atoms with van der Waals surface area (Å²) in [6.07, 6.45) is 1.56. The van der Waals surface area contributed by atoms with E-state index in [2.05, 4.69) is 9.72 Å². The summed E-state index contributed by atoms with van der Waals surface area (Å²) in [7, 11) is 1.31. The van der Waals surface area contributed by atoms with E-state index in [0.29, 0.717) is 23.2 Å². The van der Waals surface area contributed by atoms with E-state index >= 15 is 0 Å². The number of aromatic amines is 1. The van der Waals surface area contributed by atoms with Crippen molar-refractivity contribution in [2.75, 3.05) is 7.11 Å². The summed E-state index contributed by atoms with van der Waals surface area (Å²) in [5, 5.41) is 0.662. The molecule has 2 rings (SSSR count). The van der Waals surface area contributed by atoms with Gasteiger partial charge in [0.25, 0.3) is 6.47 Å². The van der Waals surface area contributed by atoms with Crippen LogP contribution in [0.5, 0.6) is 5.75 Å². The zero-order chi connectivity index (χ0) is 11.5. The molecular formula is C11H9NO4. The lowest BCUT2D eigenvalue weighted by Gasteiger charge is -2.00. The third-order valence-corrected chi connectivity index (χ3v) is 2.24. The highest BCUT2D eigenvalue weighted by Gasteiger charge is 2.10. The molecule has 0 aliphatic heterocycles. The second kappa shape index (κ2) is 4.06. The van der Waals surface area contributed by atoms with E-state index < -0.39 is 5.97 Å². The minimum atomic E-state index is -0.430. The number of hydrogen-bond donors (Lipinski definition) is 1. The fourth-order valence-electron chi connectivity index (χ4n) is 1.49. The maximum absolute atomic E-state index is 11.3. The van der Waals surface area contributed by atoms with Crippen LogP contribution in [0.1, 0.15) is 10.4 Å². The van der Waals surface area contributed by atoms with Crippen LogP contribution < -0.4 is 4.74 Å². The molecule has 16 heavy (non-hydrogen) atoms. The van der Waals surface area contributed by atoms with E-state index in [1.807, 2.05) is 0 Å². The van der Waals surface area contributed by atoms with Crippen molar-refractivity contribution in [1.29, 1.82) is 0 Å². The van der Waals surface area contributed by atoms with E-state index in [9.17, 15) is 9.59 Å². The molecule has 0 fully saturated rings. The van der Waals surface area contributed by atoms with Gasteiger partial charge in [-0.05, 0) is 18.2 Å². The summed E-state index contributed by atoms with van der Waals surface area (Å²) in [4.78, 5) is 24.5. The minimum absolute atomic E-state index is 0.341. The molecule has 5 nitrogen and oxygen atoms in total. The molecule has 0 atom stereocenters. The van der Waals surface area contributed by atoms with Crippen LogP contribution in [-0.2, 0) is 9.53 Å². The average molecular weight is 219 g/mol. The first-order chi connectivity index (χ1) is 7.76. The summed E-state index contributed by atoms with van der Waals surface area (Å²) < 4.78 is 9.37. The standard InChI is InChI=1S/C11H9NO4/c1-15-11(14)7-2-3-9-8(4-7)10(5-12-9)16-6-13/h2-6,12H,1H3. The predicted molar refractivity (Wildman–Crippen MR) is 56.3 cm³/mol. The van der Waals surface area contributed by atoms with Gasteiger partial charge in [0.2, 0.25) is 0 Å². The van der Waals surface area contributed by atoms with E-state index in [0.717, 1.165) is 5.52 Å². The number of hydrogen-bond acceptors (Lipinski definition) is 4. The van der Waals surface area contributed by atoms with Crippen LogP contribution in [0.4, 0.5) is 0 Å². The van der Waals surface area contributed by atoms with E-state index in [-0.39, 0.29) is 0 Å². The lowest BCUT2D eigenvalue weighted by molar-refractivity contribution is -0.120. The Kier molecular flexibility index (Phi) is 2.59. The normalized spacial score (nSPS) is 10.1. The summed E-state index contributed by atoms with van der Waals surface area (Å²) in [6, 6.07) is 4.96. The summed E-state index contributed by atoms with van der Waals surface area (Å²) in [5.41, 5.74) is 1.19. The molecule has 5 heteroatoms. The van der Waals surface area contributed by atoms with Crippen LogP contribution in [0.25, 0.3) is 10.9 Å². The van der Waals surface area contributed by atoms with Crippen molar-refractivity contribution in [3.8, 4) is 5.75 Å². The quantitative estimate of drug-likeness (QED) is 0.627. The van der Waals surface area contributed by atoms with Gasteiger partial charge in [0.1, 0.15) is 0 Å². The Morgan fingerprint density at radius 1 is 1.44 bits per heavy atom. The number of methoxy groups -OCH3 is 1. The van der Waals surface area contributed by atoms with Crippen molar-refractivity contribution >= 4 is 23.3 Å². The number of nitrogens with one attached hydrogen (secondary N) is 1. The topological polar surface area (TPSA) is 68.4 Å². The first-order valence-electron chi connectivity index (χ1n) is 4.56. The van der Waals surface area contributed by atoms with Gasteiger partial charge in [0.05, 0.1) is 12.7 Å². The number of fused-ring (bicyclic) bond motifs is 1. The maximum atomic E-state index is 11.3. The van der Waals surface area contributed by atoms with Crippen molar-refractivity contribution in [3.05, 3.63) is 30.0 Å². The van der Waals surface area contributed by atoms with Gasteiger partial charge < -0.3 is 14.5 Å². The Hall–Kier alpha value is -2.30. The minimum Gasteiger partial charge on any atom is -0.465 e. The Morgan fingerprint density at radius 2 is 2.25 bits per heavy atom. The van der Waals surface area contributed by atoms with E-state index in [1.54, 1.807) is 24.4 Å². The van der Waals surface area contributed by atoms with Crippen LogP contribution in [0, 0.1) is 0 Å². The molecule has 0 bridgehead atoms. The second-order valence-electron chi connectivity index (χ2n) is 3.12. The number of aromatic nitrogens is 1. The zero-order valence-corrected chi connectivity index (χ0v) is 8.52. The summed E-state index contributed by atoms with van der Waals surface area (Å²) in [5.74, 6) is -0.0455. The zero-order valence-electron chi connectivity index (χ0n) is 8.52. The third kappa shape index (κ3) is 1.63. The molecule has 0 radical (unpaired) electrons. The van der Waals surface area contributed by atoms with Gasteiger partial charge in [-0.1, -0.05) is 0 Å². The van der Waals surface area contributed by atoms with E-state index in [4.69, 9.17) is 4.74 Å². The van der Waals surface area contributed by atoms with Gasteiger partial charge >= 0.3 is 5.97 Å². The van der Waals surface area contributed by atoms with Gasteiger partial charge in [-0.3, -0.25) is 4.79 Å². The van der Waals surface area contributed by atoms with Gasteiger partial charge in [0, 0.05) is 17.1 Å². The lowest BCUT2D eigenvalue weighted by Crippen LogP contribution is -2.00. The highest BCUT2D eigenvalue weighted by Crippen LogP contribution is 2.26. The molecule has 1 heterocycles. The van der Waals surface area contributed by atoms with Crippen molar-refractivity contribution in [3.63, 3.8) is 0 Å². The highest BCUT2D eigenvalue weighted by atomic mass is 16.5. The van der Waals surface area contributed by atoms with Crippen molar-refractivity contribution in [2.45, 2.75) is 0 Å². The van der Waals surface area contributed by atoms with Gasteiger partial charge in [-0.15, -0.1) is 0 Å². The van der Waals surface area contributed by atoms with Gasteiger partial charge in [0.15, 0.2) is 5.75 Å². The van der Waals surface area contributed by atoms with Crippen LogP contribution in [-0.4, -0.2) is 24.5 Å². The second-order valence-corrected chi connectivity index (χ2v) is 3.12. The number of rotatable bonds is 3. The van der Waals surface area contributed by atoms with Crippen LogP contribution in [0.3, 0.4) is 0 Å². The molecule has 0 spiro atoms. The Labute approximate surface area is 91.0 Å².